The Morgan fingerprint density at radius 1 is 0.481 bits per heavy atom. The average Bonchev–Trinajstić information content (AvgIpc) is 3.11. The largest absolute Gasteiger partial charge is 0.354 e. The van der Waals surface area contributed by atoms with Gasteiger partial charge in [0.1, 0.15) is 0 Å². The Labute approximate surface area is 156 Å². The van der Waals surface area contributed by atoms with E-state index in [2.05, 4.69) is 102 Å². The molecule has 0 aliphatic heterocycles. The monoisotopic (exact) mass is 343 g/mol. The number of aromatic amines is 1. The minimum absolute atomic E-state index is 1.19. The third kappa shape index (κ3) is 2.06. The highest BCUT2D eigenvalue weighted by Crippen LogP contribution is 2.42. The van der Waals surface area contributed by atoms with E-state index in [-0.39, 0.29) is 0 Å². The molecule has 27 heavy (non-hydrogen) atoms. The van der Waals surface area contributed by atoms with Crippen molar-refractivity contribution < 1.29 is 0 Å². The van der Waals surface area contributed by atoms with Crippen LogP contribution in [0.25, 0.3) is 54.5 Å². The number of hydrogen-bond acceptors (Lipinski definition) is 0. The molecule has 0 saturated heterocycles. The first-order valence-electron chi connectivity index (χ1n) is 9.30. The van der Waals surface area contributed by atoms with E-state index < -0.39 is 0 Å². The normalized spacial score (nSPS) is 11.7. The minimum Gasteiger partial charge on any atom is -0.354 e. The van der Waals surface area contributed by atoms with E-state index in [0.717, 1.165) is 0 Å². The van der Waals surface area contributed by atoms with Crippen LogP contribution in [0.2, 0.25) is 0 Å². The zero-order valence-electron chi connectivity index (χ0n) is 14.7. The average molecular weight is 343 g/mol. The number of rotatable bonds is 1. The van der Waals surface area contributed by atoms with Gasteiger partial charge in [0.2, 0.25) is 0 Å². The number of H-pyrrole nitrogens is 1. The van der Waals surface area contributed by atoms with Crippen LogP contribution in [0.3, 0.4) is 0 Å². The Kier molecular flexibility index (Phi) is 2.95. The lowest BCUT2D eigenvalue weighted by Crippen LogP contribution is -1.84. The van der Waals surface area contributed by atoms with Gasteiger partial charge in [-0.15, -0.1) is 0 Å². The number of aromatic nitrogens is 1. The van der Waals surface area contributed by atoms with Crippen LogP contribution in [0.1, 0.15) is 0 Å². The predicted molar refractivity (Wildman–Crippen MR) is 116 cm³/mol. The fourth-order valence-electron chi connectivity index (χ4n) is 4.40. The molecule has 5 aromatic carbocycles. The van der Waals surface area contributed by atoms with Gasteiger partial charge in [-0.3, -0.25) is 0 Å². The zero-order chi connectivity index (χ0) is 17.8. The molecule has 0 atom stereocenters. The molecular formula is C26H17N. The summed E-state index contributed by atoms with van der Waals surface area (Å²) in [5.74, 6) is 0. The molecule has 0 unspecified atom stereocenters. The van der Waals surface area contributed by atoms with Gasteiger partial charge < -0.3 is 4.98 Å². The van der Waals surface area contributed by atoms with Gasteiger partial charge in [0.05, 0.1) is 0 Å². The number of nitrogens with one attached hydrogen (secondary N) is 1. The van der Waals surface area contributed by atoms with Gasteiger partial charge in [-0.05, 0) is 44.8 Å². The van der Waals surface area contributed by atoms with Crippen LogP contribution in [0.4, 0.5) is 0 Å². The topological polar surface area (TPSA) is 15.8 Å². The summed E-state index contributed by atoms with van der Waals surface area (Å²) in [6.45, 7) is 0. The summed E-state index contributed by atoms with van der Waals surface area (Å²) < 4.78 is 0. The van der Waals surface area contributed by atoms with Crippen LogP contribution in [0, 0.1) is 0 Å². The molecule has 1 N–H and O–H groups in total. The van der Waals surface area contributed by atoms with Crippen molar-refractivity contribution >= 4 is 43.4 Å². The first-order chi connectivity index (χ1) is 13.4. The Balaban J connectivity index is 1.94. The molecule has 0 radical (unpaired) electrons. The lowest BCUT2D eigenvalue weighted by atomic mass is 9.92. The zero-order valence-corrected chi connectivity index (χ0v) is 14.7. The van der Waals surface area contributed by atoms with Gasteiger partial charge >= 0.3 is 0 Å². The lowest BCUT2D eigenvalue weighted by Gasteiger charge is -2.11. The standard InChI is InChI=1S/C26H17N/c1-2-9-18(10-3-1)24-21-13-7-5-11-19(21)16-23-26(24)25-20-12-6-4-8-17(20)14-15-22(25)27-23/h1-16,27H. The number of benzene rings is 5. The van der Waals surface area contributed by atoms with Gasteiger partial charge in [-0.1, -0.05) is 84.9 Å². The molecule has 0 amide bonds. The number of fused-ring (bicyclic) bond motifs is 6. The van der Waals surface area contributed by atoms with E-state index in [1.807, 2.05) is 0 Å². The van der Waals surface area contributed by atoms with Crippen molar-refractivity contribution in [3.63, 3.8) is 0 Å². The Morgan fingerprint density at radius 2 is 1.19 bits per heavy atom. The fraction of sp³-hybridized carbons (Fsp3) is 0. The maximum atomic E-state index is 3.67. The van der Waals surface area contributed by atoms with Crippen molar-refractivity contribution in [2.75, 3.05) is 0 Å². The summed E-state index contributed by atoms with van der Waals surface area (Å²) >= 11 is 0. The Morgan fingerprint density at radius 3 is 2.04 bits per heavy atom. The van der Waals surface area contributed by atoms with Crippen LogP contribution in [-0.2, 0) is 0 Å². The summed E-state index contributed by atoms with van der Waals surface area (Å²) in [6, 6.07) is 34.8. The highest BCUT2D eigenvalue weighted by atomic mass is 14.7. The summed E-state index contributed by atoms with van der Waals surface area (Å²) in [5.41, 5.74) is 4.95. The fourth-order valence-corrected chi connectivity index (χ4v) is 4.40. The maximum absolute atomic E-state index is 3.67. The number of hydrogen-bond donors (Lipinski definition) is 1. The van der Waals surface area contributed by atoms with E-state index in [9.17, 15) is 0 Å². The molecule has 1 nitrogen and oxygen atoms in total. The molecule has 0 fully saturated rings. The first kappa shape index (κ1) is 14.6. The second-order valence-corrected chi connectivity index (χ2v) is 7.10. The lowest BCUT2D eigenvalue weighted by molar-refractivity contribution is 1.56. The third-order valence-electron chi connectivity index (χ3n) is 5.56. The molecule has 1 heteroatoms. The Hall–Kier alpha value is -3.58. The van der Waals surface area contributed by atoms with E-state index in [0.29, 0.717) is 0 Å². The van der Waals surface area contributed by atoms with E-state index >= 15 is 0 Å². The molecule has 6 aromatic rings. The molecule has 0 bridgehead atoms. The van der Waals surface area contributed by atoms with Gasteiger partial charge in [0.25, 0.3) is 0 Å². The van der Waals surface area contributed by atoms with Gasteiger partial charge in [0, 0.05) is 21.8 Å². The van der Waals surface area contributed by atoms with E-state index in [1.165, 1.54) is 54.5 Å². The summed E-state index contributed by atoms with van der Waals surface area (Å²) in [6.07, 6.45) is 0. The molecule has 1 aromatic heterocycles. The summed E-state index contributed by atoms with van der Waals surface area (Å²) in [4.78, 5) is 3.67. The molecule has 126 valence electrons. The summed E-state index contributed by atoms with van der Waals surface area (Å²) in [5, 5.41) is 7.76. The van der Waals surface area contributed by atoms with Crippen LogP contribution in [0.5, 0.6) is 0 Å². The quantitative estimate of drug-likeness (QED) is 0.322. The third-order valence-corrected chi connectivity index (χ3v) is 5.56. The molecule has 0 saturated carbocycles. The van der Waals surface area contributed by atoms with Gasteiger partial charge in [-0.2, -0.15) is 0 Å². The smallest absolute Gasteiger partial charge is 0.0477 e. The highest BCUT2D eigenvalue weighted by Gasteiger charge is 2.16. The maximum Gasteiger partial charge on any atom is 0.0477 e. The second kappa shape index (κ2) is 5.46. The SMILES string of the molecule is c1ccc(-c2c3ccccc3cc3[nH]c4ccc5ccccc5c4c23)cc1. The van der Waals surface area contributed by atoms with Crippen LogP contribution >= 0.6 is 0 Å². The molecule has 0 spiro atoms. The van der Waals surface area contributed by atoms with Crippen molar-refractivity contribution in [3.8, 4) is 11.1 Å². The van der Waals surface area contributed by atoms with Crippen LogP contribution in [-0.4, -0.2) is 4.98 Å². The molecule has 0 aliphatic rings. The van der Waals surface area contributed by atoms with Crippen LogP contribution in [0.15, 0.2) is 97.1 Å². The van der Waals surface area contributed by atoms with E-state index in [4.69, 9.17) is 0 Å². The van der Waals surface area contributed by atoms with E-state index in [1.54, 1.807) is 0 Å². The highest BCUT2D eigenvalue weighted by molar-refractivity contribution is 6.28. The van der Waals surface area contributed by atoms with Crippen molar-refractivity contribution in [3.05, 3.63) is 97.1 Å². The first-order valence-corrected chi connectivity index (χ1v) is 9.30. The molecule has 6 rings (SSSR count). The minimum atomic E-state index is 1.19. The van der Waals surface area contributed by atoms with Gasteiger partial charge in [0.15, 0.2) is 0 Å². The predicted octanol–water partition coefficient (Wildman–Crippen LogP) is 7.29. The Bertz CT molecular complexity index is 1460. The second-order valence-electron chi connectivity index (χ2n) is 7.10. The molecular weight excluding hydrogens is 326 g/mol. The van der Waals surface area contributed by atoms with Crippen molar-refractivity contribution in [2.24, 2.45) is 0 Å². The van der Waals surface area contributed by atoms with Crippen molar-refractivity contribution in [2.45, 2.75) is 0 Å². The van der Waals surface area contributed by atoms with Crippen molar-refractivity contribution in [1.82, 2.24) is 4.98 Å². The van der Waals surface area contributed by atoms with Crippen LogP contribution < -0.4 is 0 Å². The van der Waals surface area contributed by atoms with Gasteiger partial charge in [-0.25, -0.2) is 0 Å². The molecule has 1 heterocycles. The molecule has 0 aliphatic carbocycles. The summed E-state index contributed by atoms with van der Waals surface area (Å²) in [7, 11) is 0. The van der Waals surface area contributed by atoms with Crippen molar-refractivity contribution in [1.29, 1.82) is 0 Å².